The van der Waals surface area contributed by atoms with Crippen LogP contribution in [0.15, 0.2) is 18.2 Å². The molecule has 4 heteroatoms. The minimum absolute atomic E-state index is 0.260. The van der Waals surface area contributed by atoms with E-state index in [-0.39, 0.29) is 5.82 Å². The smallest absolute Gasteiger partial charge is 0.145 e. The first-order chi connectivity index (χ1) is 7.70. The highest BCUT2D eigenvalue weighted by molar-refractivity contribution is 5.59. The molecule has 1 fully saturated rings. The van der Waals surface area contributed by atoms with Gasteiger partial charge < -0.3 is 15.0 Å². The summed E-state index contributed by atoms with van der Waals surface area (Å²) in [4.78, 5) is 2.22. The predicted molar refractivity (Wildman–Crippen MR) is 62.6 cm³/mol. The van der Waals surface area contributed by atoms with Crippen molar-refractivity contribution >= 4 is 5.69 Å². The number of ether oxygens (including phenoxy) is 1. The first-order valence-corrected chi connectivity index (χ1v) is 5.52. The van der Waals surface area contributed by atoms with E-state index >= 15 is 0 Å². The summed E-state index contributed by atoms with van der Waals surface area (Å²) < 4.78 is 18.3. The molecule has 2 rings (SSSR count). The van der Waals surface area contributed by atoms with Crippen molar-refractivity contribution < 1.29 is 9.13 Å². The van der Waals surface area contributed by atoms with Crippen molar-refractivity contribution in [1.29, 1.82) is 0 Å². The van der Waals surface area contributed by atoms with Crippen LogP contribution in [-0.2, 0) is 0 Å². The normalized spacial score (nSPS) is 20.9. The molecule has 0 aromatic heterocycles. The molecule has 1 atom stereocenters. The van der Waals surface area contributed by atoms with Crippen molar-refractivity contribution in [1.82, 2.24) is 5.32 Å². The van der Waals surface area contributed by atoms with Gasteiger partial charge in [-0.25, -0.2) is 4.39 Å². The largest absolute Gasteiger partial charge is 0.494 e. The number of hydrogen-bond acceptors (Lipinski definition) is 3. The standard InChI is InChI=1S/C12H17FN2O/c1-9-8-15(6-5-14-9)11-4-3-10(13)7-12(11)16-2/h3-4,7,9,14H,5-6,8H2,1-2H3. The summed E-state index contributed by atoms with van der Waals surface area (Å²) in [6.45, 7) is 4.93. The maximum atomic E-state index is 13.1. The van der Waals surface area contributed by atoms with E-state index in [2.05, 4.69) is 17.1 Å². The van der Waals surface area contributed by atoms with Crippen LogP contribution >= 0.6 is 0 Å². The monoisotopic (exact) mass is 224 g/mol. The van der Waals surface area contributed by atoms with Gasteiger partial charge in [0, 0.05) is 31.7 Å². The second-order valence-electron chi connectivity index (χ2n) is 4.12. The number of anilines is 1. The van der Waals surface area contributed by atoms with Gasteiger partial charge in [-0.05, 0) is 19.1 Å². The summed E-state index contributed by atoms with van der Waals surface area (Å²) >= 11 is 0. The molecule has 16 heavy (non-hydrogen) atoms. The fourth-order valence-corrected chi connectivity index (χ4v) is 2.06. The van der Waals surface area contributed by atoms with Gasteiger partial charge in [-0.1, -0.05) is 0 Å². The molecule has 0 amide bonds. The summed E-state index contributed by atoms with van der Waals surface area (Å²) in [6, 6.07) is 5.14. The zero-order valence-electron chi connectivity index (χ0n) is 9.66. The fourth-order valence-electron chi connectivity index (χ4n) is 2.06. The van der Waals surface area contributed by atoms with Crippen LogP contribution in [-0.4, -0.2) is 32.8 Å². The van der Waals surface area contributed by atoms with Gasteiger partial charge in [-0.3, -0.25) is 0 Å². The molecule has 3 nitrogen and oxygen atoms in total. The predicted octanol–water partition coefficient (Wildman–Crippen LogP) is 1.63. The van der Waals surface area contributed by atoms with Gasteiger partial charge in [0.15, 0.2) is 0 Å². The van der Waals surface area contributed by atoms with Crippen molar-refractivity contribution in [3.63, 3.8) is 0 Å². The molecular weight excluding hydrogens is 207 g/mol. The van der Waals surface area contributed by atoms with Gasteiger partial charge in [0.05, 0.1) is 12.8 Å². The third-order valence-electron chi connectivity index (χ3n) is 2.85. The van der Waals surface area contributed by atoms with Crippen molar-refractivity contribution in [2.75, 3.05) is 31.6 Å². The summed E-state index contributed by atoms with van der Waals surface area (Å²) in [6.07, 6.45) is 0. The average molecular weight is 224 g/mol. The lowest BCUT2D eigenvalue weighted by molar-refractivity contribution is 0.406. The van der Waals surface area contributed by atoms with E-state index in [4.69, 9.17) is 4.74 Å². The zero-order valence-corrected chi connectivity index (χ0v) is 9.66. The zero-order chi connectivity index (χ0) is 11.5. The molecule has 0 saturated carbocycles. The lowest BCUT2D eigenvalue weighted by Gasteiger charge is -2.34. The highest BCUT2D eigenvalue weighted by Gasteiger charge is 2.18. The van der Waals surface area contributed by atoms with E-state index in [1.165, 1.54) is 12.1 Å². The first kappa shape index (κ1) is 11.2. The van der Waals surface area contributed by atoms with Gasteiger partial charge in [0.1, 0.15) is 11.6 Å². The maximum absolute atomic E-state index is 13.1. The summed E-state index contributed by atoms with van der Waals surface area (Å²) in [5.41, 5.74) is 0.970. The second-order valence-corrected chi connectivity index (χ2v) is 4.12. The van der Waals surface area contributed by atoms with Gasteiger partial charge in [-0.15, -0.1) is 0 Å². The molecule has 1 aliphatic rings. The van der Waals surface area contributed by atoms with Crippen molar-refractivity contribution in [3.05, 3.63) is 24.0 Å². The van der Waals surface area contributed by atoms with Crippen molar-refractivity contribution in [2.45, 2.75) is 13.0 Å². The molecule has 1 N–H and O–H groups in total. The molecule has 0 radical (unpaired) electrons. The topological polar surface area (TPSA) is 24.5 Å². The van der Waals surface area contributed by atoms with Crippen LogP contribution in [0.25, 0.3) is 0 Å². The molecule has 0 spiro atoms. The third-order valence-corrected chi connectivity index (χ3v) is 2.85. The Labute approximate surface area is 95.2 Å². The van der Waals surface area contributed by atoms with E-state index in [9.17, 15) is 4.39 Å². The second kappa shape index (κ2) is 4.70. The Kier molecular flexibility index (Phi) is 3.29. The third kappa shape index (κ3) is 2.27. The minimum Gasteiger partial charge on any atom is -0.494 e. The Hall–Kier alpha value is -1.29. The first-order valence-electron chi connectivity index (χ1n) is 5.52. The van der Waals surface area contributed by atoms with Gasteiger partial charge in [0.2, 0.25) is 0 Å². The van der Waals surface area contributed by atoms with E-state index in [0.29, 0.717) is 11.8 Å². The van der Waals surface area contributed by atoms with Crippen LogP contribution in [0.3, 0.4) is 0 Å². The Morgan fingerprint density at radius 2 is 2.31 bits per heavy atom. The number of halogens is 1. The number of methoxy groups -OCH3 is 1. The van der Waals surface area contributed by atoms with Crippen LogP contribution in [0.5, 0.6) is 5.75 Å². The van der Waals surface area contributed by atoms with E-state index in [1.54, 1.807) is 13.2 Å². The Morgan fingerprint density at radius 3 is 3.00 bits per heavy atom. The Morgan fingerprint density at radius 1 is 1.50 bits per heavy atom. The summed E-state index contributed by atoms with van der Waals surface area (Å²) in [7, 11) is 1.57. The lowest BCUT2D eigenvalue weighted by atomic mass is 10.2. The van der Waals surface area contributed by atoms with Gasteiger partial charge >= 0.3 is 0 Å². The number of nitrogens with zero attached hydrogens (tertiary/aromatic N) is 1. The van der Waals surface area contributed by atoms with E-state index < -0.39 is 0 Å². The molecule has 1 unspecified atom stereocenters. The molecule has 1 aliphatic heterocycles. The number of nitrogens with one attached hydrogen (secondary N) is 1. The molecule has 1 heterocycles. The Bertz CT molecular complexity index is 370. The molecule has 1 aromatic rings. The van der Waals surface area contributed by atoms with E-state index in [0.717, 1.165) is 25.3 Å². The molecule has 1 aromatic carbocycles. The summed E-state index contributed by atoms with van der Waals surface area (Å²) in [5.74, 6) is 0.345. The van der Waals surface area contributed by atoms with Crippen LogP contribution < -0.4 is 15.0 Å². The number of rotatable bonds is 2. The number of piperazine rings is 1. The van der Waals surface area contributed by atoms with E-state index in [1.807, 2.05) is 0 Å². The van der Waals surface area contributed by atoms with Crippen LogP contribution in [0, 0.1) is 5.82 Å². The highest BCUT2D eigenvalue weighted by atomic mass is 19.1. The average Bonchev–Trinajstić information content (AvgIpc) is 2.28. The minimum atomic E-state index is -0.260. The van der Waals surface area contributed by atoms with Crippen molar-refractivity contribution in [2.24, 2.45) is 0 Å². The Balaban J connectivity index is 2.24. The van der Waals surface area contributed by atoms with Gasteiger partial charge in [0.25, 0.3) is 0 Å². The molecular formula is C12H17FN2O. The van der Waals surface area contributed by atoms with Gasteiger partial charge in [-0.2, -0.15) is 0 Å². The fraction of sp³-hybridized carbons (Fsp3) is 0.500. The maximum Gasteiger partial charge on any atom is 0.145 e. The van der Waals surface area contributed by atoms with Crippen LogP contribution in [0.1, 0.15) is 6.92 Å². The van der Waals surface area contributed by atoms with Crippen LogP contribution in [0.4, 0.5) is 10.1 Å². The number of hydrogen-bond donors (Lipinski definition) is 1. The van der Waals surface area contributed by atoms with Crippen molar-refractivity contribution in [3.8, 4) is 5.75 Å². The van der Waals surface area contributed by atoms with Crippen LogP contribution in [0.2, 0.25) is 0 Å². The molecule has 88 valence electrons. The lowest BCUT2D eigenvalue weighted by Crippen LogP contribution is -2.49. The highest BCUT2D eigenvalue weighted by Crippen LogP contribution is 2.29. The SMILES string of the molecule is COc1cc(F)ccc1N1CCNC(C)C1. The summed E-state index contributed by atoms with van der Waals surface area (Å²) in [5, 5.41) is 3.37. The molecule has 0 aliphatic carbocycles. The quantitative estimate of drug-likeness (QED) is 0.826. The number of benzene rings is 1. The molecule has 1 saturated heterocycles. The molecule has 0 bridgehead atoms.